The zero-order valence-electron chi connectivity index (χ0n) is 14.0. The van der Waals surface area contributed by atoms with Gasteiger partial charge < -0.3 is 10.0 Å². The minimum Gasteiger partial charge on any atom is -0.478 e. The second-order valence-corrected chi connectivity index (χ2v) is 6.22. The van der Waals surface area contributed by atoms with Crippen LogP contribution < -0.4 is 0 Å². The average molecular weight is 376 g/mol. The van der Waals surface area contributed by atoms with Crippen molar-refractivity contribution in [1.82, 2.24) is 9.88 Å². The highest BCUT2D eigenvalue weighted by Gasteiger charge is 2.32. The number of amides is 1. The smallest absolute Gasteiger partial charge is 0.328 e. The van der Waals surface area contributed by atoms with E-state index in [4.69, 9.17) is 5.11 Å². The lowest BCUT2D eigenvalue weighted by atomic mass is 9.98. The third kappa shape index (κ3) is 4.16. The van der Waals surface area contributed by atoms with Gasteiger partial charge in [-0.05, 0) is 41.0 Å². The van der Waals surface area contributed by atoms with Crippen LogP contribution in [-0.4, -0.2) is 33.4 Å². The Morgan fingerprint density at radius 3 is 2.67 bits per heavy atom. The van der Waals surface area contributed by atoms with Crippen molar-refractivity contribution in [2.75, 3.05) is 6.54 Å². The summed E-state index contributed by atoms with van der Waals surface area (Å²) in [6, 6.07) is 3.49. The quantitative estimate of drug-likeness (QED) is 0.643. The Bertz CT molecular complexity index is 907. The molecule has 1 aromatic heterocycles. The van der Waals surface area contributed by atoms with E-state index in [0.717, 1.165) is 18.2 Å². The molecule has 1 amide bonds. The molecule has 1 saturated heterocycles. The van der Waals surface area contributed by atoms with Crippen LogP contribution in [0, 0.1) is 17.5 Å². The molecule has 8 heteroatoms. The number of rotatable bonds is 5. The van der Waals surface area contributed by atoms with E-state index < -0.39 is 29.3 Å². The fourth-order valence-electron chi connectivity index (χ4n) is 3.06. The predicted molar refractivity (Wildman–Crippen MR) is 90.0 cm³/mol. The zero-order valence-corrected chi connectivity index (χ0v) is 14.0. The summed E-state index contributed by atoms with van der Waals surface area (Å²) in [5.41, 5.74) is 1.46. The van der Waals surface area contributed by atoms with Crippen molar-refractivity contribution in [1.29, 1.82) is 0 Å². The molecule has 140 valence electrons. The van der Waals surface area contributed by atoms with Gasteiger partial charge in [0.25, 0.3) is 0 Å². The molecule has 1 aliphatic rings. The number of pyridine rings is 1. The molecular weight excluding hydrogens is 361 g/mol. The standard InChI is InChI=1S/C19H15F3N2O3/c20-15-5-13(6-16(21)19(15)22)14-7-17(25)24(10-14)9-12-3-4-23-8-11(12)1-2-18(26)27/h1-6,8,14H,7,9-10H2,(H,26,27)/b2-1+. The molecule has 1 fully saturated rings. The van der Waals surface area contributed by atoms with E-state index in [9.17, 15) is 22.8 Å². The summed E-state index contributed by atoms with van der Waals surface area (Å²) >= 11 is 0. The van der Waals surface area contributed by atoms with Gasteiger partial charge in [0.05, 0.1) is 0 Å². The predicted octanol–water partition coefficient (Wildman–Crippen LogP) is 3.11. The molecule has 1 atom stereocenters. The van der Waals surface area contributed by atoms with E-state index in [0.29, 0.717) is 11.1 Å². The minimum atomic E-state index is -1.54. The molecule has 1 N–H and O–H groups in total. The molecule has 2 aromatic rings. The maximum Gasteiger partial charge on any atom is 0.328 e. The molecule has 1 unspecified atom stereocenters. The van der Waals surface area contributed by atoms with Gasteiger partial charge in [0.15, 0.2) is 17.5 Å². The van der Waals surface area contributed by atoms with E-state index in [2.05, 4.69) is 4.98 Å². The average Bonchev–Trinajstić information content (AvgIpc) is 2.99. The van der Waals surface area contributed by atoms with Crippen molar-refractivity contribution < 1.29 is 27.9 Å². The van der Waals surface area contributed by atoms with Crippen molar-refractivity contribution in [2.45, 2.75) is 18.9 Å². The van der Waals surface area contributed by atoms with Crippen molar-refractivity contribution in [3.8, 4) is 0 Å². The molecule has 3 rings (SSSR count). The molecule has 5 nitrogen and oxygen atoms in total. The number of aliphatic carboxylic acids is 1. The molecule has 0 spiro atoms. The van der Waals surface area contributed by atoms with Crippen molar-refractivity contribution in [2.24, 2.45) is 0 Å². The van der Waals surface area contributed by atoms with E-state index in [1.54, 1.807) is 6.07 Å². The highest BCUT2D eigenvalue weighted by molar-refractivity contribution is 5.85. The van der Waals surface area contributed by atoms with E-state index >= 15 is 0 Å². The first-order valence-corrected chi connectivity index (χ1v) is 8.11. The molecule has 0 bridgehead atoms. The first-order chi connectivity index (χ1) is 12.8. The maximum absolute atomic E-state index is 13.5. The van der Waals surface area contributed by atoms with Crippen LogP contribution >= 0.6 is 0 Å². The lowest BCUT2D eigenvalue weighted by Gasteiger charge is -2.18. The van der Waals surface area contributed by atoms with Gasteiger partial charge in [0.2, 0.25) is 5.91 Å². The highest BCUT2D eigenvalue weighted by Crippen LogP contribution is 2.31. The summed E-state index contributed by atoms with van der Waals surface area (Å²) in [5, 5.41) is 8.76. The Hall–Kier alpha value is -3.16. The number of hydrogen-bond donors (Lipinski definition) is 1. The number of likely N-dealkylation sites (tertiary alicyclic amines) is 1. The van der Waals surface area contributed by atoms with Gasteiger partial charge in [-0.1, -0.05) is 0 Å². The monoisotopic (exact) mass is 376 g/mol. The van der Waals surface area contributed by atoms with Crippen LogP contribution in [0.4, 0.5) is 13.2 Å². The second kappa shape index (κ2) is 7.61. The lowest BCUT2D eigenvalue weighted by molar-refractivity contribution is -0.131. The van der Waals surface area contributed by atoms with Gasteiger partial charge in [0.1, 0.15) is 0 Å². The SMILES string of the molecule is O=C(O)/C=C/c1cnccc1CN1CC(c2cc(F)c(F)c(F)c2)CC1=O. The van der Waals surface area contributed by atoms with E-state index in [-0.39, 0.29) is 31.0 Å². The molecule has 1 aromatic carbocycles. The Morgan fingerprint density at radius 2 is 2.00 bits per heavy atom. The van der Waals surface area contributed by atoms with Crippen LogP contribution in [-0.2, 0) is 16.1 Å². The van der Waals surface area contributed by atoms with Crippen molar-refractivity contribution in [3.05, 3.63) is 70.8 Å². The number of aromatic nitrogens is 1. The molecular formula is C19H15F3N2O3. The molecule has 0 aliphatic carbocycles. The second-order valence-electron chi connectivity index (χ2n) is 6.22. The van der Waals surface area contributed by atoms with Gasteiger partial charge in [-0.15, -0.1) is 0 Å². The molecule has 27 heavy (non-hydrogen) atoms. The summed E-state index contributed by atoms with van der Waals surface area (Å²) in [6.07, 6.45) is 5.41. The Balaban J connectivity index is 1.79. The molecule has 1 aliphatic heterocycles. The van der Waals surface area contributed by atoms with E-state index in [1.165, 1.54) is 23.4 Å². The Kier molecular flexibility index (Phi) is 5.25. The highest BCUT2D eigenvalue weighted by atomic mass is 19.2. The lowest BCUT2D eigenvalue weighted by Crippen LogP contribution is -2.24. The van der Waals surface area contributed by atoms with Crippen LogP contribution in [0.25, 0.3) is 6.08 Å². The normalized spacial score (nSPS) is 17.1. The van der Waals surface area contributed by atoms with Crippen LogP contribution in [0.15, 0.2) is 36.7 Å². The van der Waals surface area contributed by atoms with Crippen LogP contribution in [0.5, 0.6) is 0 Å². The number of carboxylic acid groups (broad SMARTS) is 1. The zero-order chi connectivity index (χ0) is 19.6. The molecule has 0 saturated carbocycles. The van der Waals surface area contributed by atoms with Gasteiger partial charge >= 0.3 is 5.97 Å². The number of benzene rings is 1. The van der Waals surface area contributed by atoms with Crippen molar-refractivity contribution >= 4 is 18.0 Å². The fraction of sp³-hybridized carbons (Fsp3) is 0.211. The van der Waals surface area contributed by atoms with Crippen molar-refractivity contribution in [3.63, 3.8) is 0 Å². The molecule has 2 heterocycles. The summed E-state index contributed by atoms with van der Waals surface area (Å²) in [7, 11) is 0. The van der Waals surface area contributed by atoms with Gasteiger partial charge in [0, 0.05) is 43.9 Å². The van der Waals surface area contributed by atoms with Crippen LogP contribution in [0.1, 0.15) is 29.0 Å². The minimum absolute atomic E-state index is 0.0515. The third-order valence-electron chi connectivity index (χ3n) is 4.40. The number of carbonyl (C=O) groups is 2. The van der Waals surface area contributed by atoms with Crippen LogP contribution in [0.3, 0.4) is 0 Å². The van der Waals surface area contributed by atoms with Gasteiger partial charge in [-0.2, -0.15) is 0 Å². The summed E-state index contributed by atoms with van der Waals surface area (Å²) in [5.74, 6) is -5.89. The van der Waals surface area contributed by atoms with Gasteiger partial charge in [-0.25, -0.2) is 18.0 Å². The maximum atomic E-state index is 13.5. The summed E-state index contributed by atoms with van der Waals surface area (Å²) in [4.78, 5) is 28.5. The topological polar surface area (TPSA) is 70.5 Å². The Morgan fingerprint density at radius 1 is 1.30 bits per heavy atom. The summed E-state index contributed by atoms with van der Waals surface area (Å²) in [6.45, 7) is 0.414. The number of nitrogens with zero attached hydrogens (tertiary/aromatic N) is 2. The summed E-state index contributed by atoms with van der Waals surface area (Å²) < 4.78 is 40.1. The fourth-order valence-corrected chi connectivity index (χ4v) is 3.06. The van der Waals surface area contributed by atoms with Crippen LogP contribution in [0.2, 0.25) is 0 Å². The van der Waals surface area contributed by atoms with E-state index in [1.807, 2.05) is 0 Å². The number of halogens is 3. The molecule has 0 radical (unpaired) electrons. The number of carbonyl (C=O) groups excluding carboxylic acids is 1. The first-order valence-electron chi connectivity index (χ1n) is 8.11. The third-order valence-corrected chi connectivity index (χ3v) is 4.40. The first kappa shape index (κ1) is 18.6. The Labute approximate surface area is 152 Å². The number of carboxylic acids is 1. The van der Waals surface area contributed by atoms with Gasteiger partial charge in [-0.3, -0.25) is 9.78 Å². The largest absolute Gasteiger partial charge is 0.478 e. The number of hydrogen-bond acceptors (Lipinski definition) is 3.